The Morgan fingerprint density at radius 2 is 1.90 bits per heavy atom. The van der Waals surface area contributed by atoms with Gasteiger partial charge in [0.1, 0.15) is 11.3 Å². The second kappa shape index (κ2) is 8.53. The maximum Gasteiger partial charge on any atom is 0.338 e. The minimum absolute atomic E-state index is 0.305. The molecule has 0 saturated carbocycles. The third kappa shape index (κ3) is 4.20. The molecule has 20 heavy (non-hydrogen) atoms. The summed E-state index contributed by atoms with van der Waals surface area (Å²) < 4.78 is 27.7. The molecule has 0 radical (unpaired) electrons. The van der Waals surface area contributed by atoms with E-state index in [-0.39, 0.29) is 0 Å². The molecule has 1 atom stereocenters. The Balaban J connectivity index is 0.000000829. The highest BCUT2D eigenvalue weighted by molar-refractivity contribution is 6.31. The highest BCUT2D eigenvalue weighted by Crippen LogP contribution is 2.34. The van der Waals surface area contributed by atoms with Crippen LogP contribution in [0, 0.1) is 6.92 Å². The summed E-state index contributed by atoms with van der Waals surface area (Å²) in [5.41, 5.74) is 0.800. The molecule has 2 rings (SSSR count). The number of hydrogen-bond acceptors (Lipinski definition) is 2. The number of rotatable bonds is 1. The monoisotopic (exact) mass is 306 g/mol. The normalized spacial score (nSPS) is 15.3. The first-order valence-electron chi connectivity index (χ1n) is 5.92. The number of carboxylic acid groups (broad SMARTS) is 1. The van der Waals surface area contributed by atoms with Gasteiger partial charge in [0.15, 0.2) is 0 Å². The summed E-state index contributed by atoms with van der Waals surface area (Å²) in [5, 5.41) is 9.22. The smallest absolute Gasteiger partial charge is 0.338 e. The minimum Gasteiger partial charge on any atom is -0.478 e. The molecule has 3 nitrogen and oxygen atoms in total. The lowest BCUT2D eigenvalue weighted by atomic mass is 10.0. The third-order valence-electron chi connectivity index (χ3n) is 2.32. The van der Waals surface area contributed by atoms with E-state index < -0.39 is 17.9 Å². The molecule has 0 spiro atoms. The highest BCUT2D eigenvalue weighted by Gasteiger charge is 2.27. The van der Waals surface area contributed by atoms with E-state index in [9.17, 15) is 13.6 Å². The van der Waals surface area contributed by atoms with Crippen molar-refractivity contribution in [2.45, 2.75) is 27.1 Å². The number of benzene rings is 1. The van der Waals surface area contributed by atoms with E-state index in [0.29, 0.717) is 23.5 Å². The van der Waals surface area contributed by atoms with E-state index in [1.807, 2.05) is 13.8 Å². The summed E-state index contributed by atoms with van der Waals surface area (Å²) in [6.07, 6.45) is -0.706. The topological polar surface area (TPSA) is 46.5 Å². The second-order valence-electron chi connectivity index (χ2n) is 3.48. The van der Waals surface area contributed by atoms with Crippen LogP contribution in [0.15, 0.2) is 17.7 Å². The Morgan fingerprint density at radius 3 is 2.40 bits per heavy atom. The molecule has 0 saturated heterocycles. The molecule has 112 valence electrons. The van der Waals surface area contributed by atoms with Crippen molar-refractivity contribution in [2.24, 2.45) is 0 Å². The maximum absolute atomic E-state index is 13.3. The molecule has 1 aromatic carbocycles. The predicted octanol–water partition coefficient (Wildman–Crippen LogP) is 4.42. The maximum atomic E-state index is 13.3. The van der Waals surface area contributed by atoms with Gasteiger partial charge < -0.3 is 9.84 Å². The molecule has 0 fully saturated rings. The summed E-state index contributed by atoms with van der Waals surface area (Å²) in [6.45, 7) is 5.76. The highest BCUT2D eigenvalue weighted by atomic mass is 35.5. The van der Waals surface area contributed by atoms with Crippen LogP contribution in [0.1, 0.15) is 25.0 Å². The summed E-state index contributed by atoms with van der Waals surface area (Å²) in [5.74, 6) is -1.03. The van der Waals surface area contributed by atoms with E-state index in [0.717, 1.165) is 5.56 Å². The Bertz CT molecular complexity index is 501. The van der Waals surface area contributed by atoms with E-state index in [4.69, 9.17) is 21.4 Å². The van der Waals surface area contributed by atoms with Crippen LogP contribution in [0.5, 0.6) is 5.75 Å². The Kier molecular flexibility index (Phi) is 7.84. The van der Waals surface area contributed by atoms with Crippen molar-refractivity contribution in [1.82, 2.24) is 0 Å². The molecule has 1 heterocycles. The number of ether oxygens (including phenoxy) is 1. The molecular formula is C14H17ClF2O3. The largest absolute Gasteiger partial charge is 0.478 e. The average molecular weight is 307 g/mol. The first kappa shape index (κ1) is 18.4. The van der Waals surface area contributed by atoms with Gasteiger partial charge in [-0.1, -0.05) is 25.4 Å². The van der Waals surface area contributed by atoms with Crippen molar-refractivity contribution >= 4 is 23.6 Å². The van der Waals surface area contributed by atoms with Gasteiger partial charge in [-0.05, 0) is 30.7 Å². The van der Waals surface area contributed by atoms with Gasteiger partial charge in [-0.3, -0.25) is 4.39 Å². The van der Waals surface area contributed by atoms with E-state index in [2.05, 4.69) is 0 Å². The lowest BCUT2D eigenvalue weighted by Crippen LogP contribution is -2.22. The van der Waals surface area contributed by atoms with Gasteiger partial charge in [-0.15, -0.1) is 0 Å². The van der Waals surface area contributed by atoms with Gasteiger partial charge in [-0.2, -0.15) is 4.39 Å². The lowest BCUT2D eigenvalue weighted by Gasteiger charge is -2.20. The molecule has 6 heteroatoms. The van der Waals surface area contributed by atoms with Gasteiger partial charge in [0, 0.05) is 10.6 Å². The molecule has 0 amide bonds. The number of hydrogen-bond donors (Lipinski definition) is 1. The van der Waals surface area contributed by atoms with Crippen LogP contribution in [-0.2, 0) is 4.79 Å². The number of carbonyl (C=O) groups is 1. The summed E-state index contributed by atoms with van der Waals surface area (Å²) in [7, 11) is 0.500. The molecule has 1 N–H and O–H groups in total. The zero-order chi connectivity index (χ0) is 15.9. The van der Waals surface area contributed by atoms with Crippen LogP contribution in [-0.4, -0.2) is 24.6 Å². The molecule has 1 aliphatic heterocycles. The quantitative estimate of drug-likeness (QED) is 0.835. The first-order valence-corrected chi connectivity index (χ1v) is 6.30. The molecule has 1 unspecified atom stereocenters. The van der Waals surface area contributed by atoms with Crippen molar-refractivity contribution in [1.29, 1.82) is 0 Å². The van der Waals surface area contributed by atoms with Crippen LogP contribution in [0.4, 0.5) is 8.78 Å². The van der Waals surface area contributed by atoms with Crippen LogP contribution < -0.4 is 4.74 Å². The van der Waals surface area contributed by atoms with E-state index >= 15 is 0 Å². The molecule has 0 aliphatic carbocycles. The zero-order valence-electron chi connectivity index (χ0n) is 11.7. The summed E-state index contributed by atoms with van der Waals surface area (Å²) >= 11 is 5.88. The van der Waals surface area contributed by atoms with Crippen LogP contribution >= 0.6 is 11.6 Å². The number of halogens is 3. The van der Waals surface area contributed by atoms with Crippen molar-refractivity contribution in [2.75, 3.05) is 7.18 Å². The fourth-order valence-electron chi connectivity index (χ4n) is 1.45. The van der Waals surface area contributed by atoms with Gasteiger partial charge in [0.25, 0.3) is 6.36 Å². The first-order chi connectivity index (χ1) is 9.49. The molecule has 0 aromatic heterocycles. The van der Waals surface area contributed by atoms with Crippen LogP contribution in [0.2, 0.25) is 5.02 Å². The summed E-state index contributed by atoms with van der Waals surface area (Å²) in [4.78, 5) is 10.7. The third-order valence-corrected chi connectivity index (χ3v) is 2.73. The molecule has 1 aliphatic rings. The summed E-state index contributed by atoms with van der Waals surface area (Å²) in [6, 6.07) is 3.14. The van der Waals surface area contributed by atoms with Gasteiger partial charge >= 0.3 is 5.97 Å². The molecule has 0 bridgehead atoms. The number of fused-ring (bicyclic) bond motifs is 1. The van der Waals surface area contributed by atoms with E-state index in [1.165, 1.54) is 6.08 Å². The van der Waals surface area contributed by atoms with Crippen molar-refractivity contribution in [3.05, 3.63) is 33.9 Å². The van der Waals surface area contributed by atoms with Gasteiger partial charge in [-0.25, -0.2) is 4.79 Å². The fraction of sp³-hybridized carbons (Fsp3) is 0.357. The number of carboxylic acids is 1. The average Bonchev–Trinajstić information content (AvgIpc) is 2.44. The van der Waals surface area contributed by atoms with Crippen LogP contribution in [0.25, 0.3) is 6.08 Å². The van der Waals surface area contributed by atoms with E-state index in [1.54, 1.807) is 19.1 Å². The lowest BCUT2D eigenvalue weighted by molar-refractivity contribution is -0.134. The zero-order valence-corrected chi connectivity index (χ0v) is 12.5. The van der Waals surface area contributed by atoms with Crippen molar-refractivity contribution < 1.29 is 23.4 Å². The second-order valence-corrected chi connectivity index (χ2v) is 3.89. The fourth-order valence-corrected chi connectivity index (χ4v) is 1.62. The van der Waals surface area contributed by atoms with Gasteiger partial charge in [0.2, 0.25) is 0 Å². The predicted molar refractivity (Wildman–Crippen MR) is 75.7 cm³/mol. The standard InChI is InChI=1S/C11H8ClFO3.C2H6.CH3F/c1-5-2-9-6(4-8(5)12)3-7(11(14)15)10(13)16-9;2*1-2/h2-4,10H,1H3,(H,14,15);1-2H3;1H3. The minimum atomic E-state index is -1.94. The van der Waals surface area contributed by atoms with Crippen LogP contribution in [0.3, 0.4) is 0 Å². The van der Waals surface area contributed by atoms with Gasteiger partial charge in [0.05, 0.1) is 7.18 Å². The Morgan fingerprint density at radius 1 is 1.35 bits per heavy atom. The van der Waals surface area contributed by atoms with Crippen molar-refractivity contribution in [3.8, 4) is 5.75 Å². The Labute approximate surface area is 121 Å². The molecular weight excluding hydrogens is 290 g/mol. The Hall–Kier alpha value is -1.62. The molecule has 1 aromatic rings. The number of aliphatic carboxylic acids is 1. The number of alkyl halides is 2. The SMILES string of the molecule is CC.CF.Cc1cc2c(cc1Cl)C=C(C(=O)O)C(F)O2. The number of aryl methyl sites for hydroxylation is 1. The van der Waals surface area contributed by atoms with Crippen molar-refractivity contribution in [3.63, 3.8) is 0 Å².